The number of ether oxygens (including phenoxy) is 2. The monoisotopic (exact) mass is 414 g/mol. The van der Waals surface area contributed by atoms with Gasteiger partial charge in [-0.15, -0.1) is 0 Å². The molecule has 6 heteroatoms. The number of methoxy groups -OCH3 is 2. The van der Waals surface area contributed by atoms with E-state index >= 15 is 0 Å². The van der Waals surface area contributed by atoms with Gasteiger partial charge in [-0.1, -0.05) is 54.4 Å². The van der Waals surface area contributed by atoms with Crippen LogP contribution in [0.25, 0.3) is 0 Å². The van der Waals surface area contributed by atoms with Gasteiger partial charge in [-0.05, 0) is 18.9 Å². The Labute approximate surface area is 179 Å². The molecule has 4 rings (SSSR count). The zero-order valence-electron chi connectivity index (χ0n) is 19.5. The summed E-state index contributed by atoms with van der Waals surface area (Å²) in [6.45, 7) is 12.8. The SMILES string of the molecule is COC(=O)C1=C(C(=O)OC)N2C(C(C)(C)C)=CC34CCCCC23C1C(C(C)(C)C)=N4. The van der Waals surface area contributed by atoms with Crippen LogP contribution in [0.4, 0.5) is 0 Å². The molecule has 3 heterocycles. The Bertz CT molecular complexity index is 848. The highest BCUT2D eigenvalue weighted by Gasteiger charge is 2.75. The molecule has 1 spiro atoms. The van der Waals surface area contributed by atoms with Gasteiger partial charge < -0.3 is 14.4 Å². The third-order valence-electron chi connectivity index (χ3n) is 7.29. The highest BCUT2D eigenvalue weighted by Crippen LogP contribution is 2.68. The molecule has 0 aromatic carbocycles. The standard InChI is InChI=1S/C24H34N2O4/c1-21(2,3)14-13-23-11-9-10-12-24(23)16(18(25-23)22(4,5)6)15(19(27)29-7)17(26(14)24)20(28)30-8/h13,16H,9-12H2,1-8H3. The molecule has 1 aliphatic carbocycles. The second-order valence-corrected chi connectivity index (χ2v) is 11.1. The van der Waals surface area contributed by atoms with E-state index in [1.807, 2.05) is 0 Å². The lowest BCUT2D eigenvalue weighted by atomic mass is 9.61. The highest BCUT2D eigenvalue weighted by molar-refractivity contribution is 6.11. The summed E-state index contributed by atoms with van der Waals surface area (Å²) < 4.78 is 10.4. The van der Waals surface area contributed by atoms with E-state index in [4.69, 9.17) is 14.5 Å². The van der Waals surface area contributed by atoms with Gasteiger partial charge in [-0.25, -0.2) is 9.59 Å². The van der Waals surface area contributed by atoms with Crippen LogP contribution in [0.1, 0.15) is 67.2 Å². The van der Waals surface area contributed by atoms with E-state index in [0.29, 0.717) is 11.3 Å². The van der Waals surface area contributed by atoms with Crippen molar-refractivity contribution in [3.8, 4) is 0 Å². The molecule has 0 bridgehead atoms. The molecule has 0 aromatic heterocycles. The molecule has 3 aliphatic heterocycles. The Kier molecular flexibility index (Phi) is 4.37. The molecule has 0 amide bonds. The second kappa shape index (κ2) is 6.21. The molecule has 1 saturated carbocycles. The zero-order chi connectivity index (χ0) is 22.3. The lowest BCUT2D eigenvalue weighted by Gasteiger charge is -2.49. The van der Waals surface area contributed by atoms with E-state index < -0.39 is 23.0 Å². The van der Waals surface area contributed by atoms with E-state index in [-0.39, 0.29) is 16.7 Å². The average Bonchev–Trinajstić information content (AvgIpc) is 3.23. The second-order valence-electron chi connectivity index (χ2n) is 11.1. The van der Waals surface area contributed by atoms with E-state index in [1.54, 1.807) is 0 Å². The molecule has 1 fully saturated rings. The van der Waals surface area contributed by atoms with Gasteiger partial charge in [0.25, 0.3) is 0 Å². The molecule has 3 atom stereocenters. The van der Waals surface area contributed by atoms with Gasteiger partial charge in [-0.3, -0.25) is 4.99 Å². The topological polar surface area (TPSA) is 68.2 Å². The Hall–Kier alpha value is -2.11. The smallest absolute Gasteiger partial charge is 0.355 e. The summed E-state index contributed by atoms with van der Waals surface area (Å²) in [6.07, 6.45) is 6.21. The lowest BCUT2D eigenvalue weighted by Crippen LogP contribution is -2.59. The fraction of sp³-hybridized carbons (Fsp3) is 0.708. The number of aliphatic imine (C=N–C) groups is 1. The Morgan fingerprint density at radius 2 is 1.60 bits per heavy atom. The minimum atomic E-state index is -0.482. The quantitative estimate of drug-likeness (QED) is 0.639. The van der Waals surface area contributed by atoms with E-state index in [1.165, 1.54) is 14.2 Å². The summed E-state index contributed by atoms with van der Waals surface area (Å²) in [4.78, 5) is 33.9. The third kappa shape index (κ3) is 2.39. The molecule has 4 aliphatic rings. The van der Waals surface area contributed by atoms with Crippen LogP contribution in [0.15, 0.2) is 28.0 Å². The van der Waals surface area contributed by atoms with Gasteiger partial charge in [0, 0.05) is 22.2 Å². The summed E-state index contributed by atoms with van der Waals surface area (Å²) >= 11 is 0. The maximum absolute atomic E-state index is 13.2. The van der Waals surface area contributed by atoms with Gasteiger partial charge >= 0.3 is 11.9 Å². The minimum Gasteiger partial charge on any atom is -0.466 e. The van der Waals surface area contributed by atoms with Crippen LogP contribution < -0.4 is 0 Å². The van der Waals surface area contributed by atoms with Gasteiger partial charge in [0.15, 0.2) is 0 Å². The van der Waals surface area contributed by atoms with Gasteiger partial charge in [-0.2, -0.15) is 0 Å². The molecule has 164 valence electrons. The van der Waals surface area contributed by atoms with Crippen LogP contribution in [-0.4, -0.2) is 47.8 Å². The molecule has 30 heavy (non-hydrogen) atoms. The zero-order valence-corrected chi connectivity index (χ0v) is 19.5. The van der Waals surface area contributed by atoms with Crippen molar-refractivity contribution in [1.82, 2.24) is 4.90 Å². The van der Waals surface area contributed by atoms with Crippen LogP contribution in [-0.2, 0) is 19.1 Å². The molecule has 3 unspecified atom stereocenters. The maximum atomic E-state index is 13.2. The van der Waals surface area contributed by atoms with Gasteiger partial charge in [0.2, 0.25) is 0 Å². The predicted molar refractivity (Wildman–Crippen MR) is 115 cm³/mol. The van der Waals surface area contributed by atoms with Crippen LogP contribution in [0, 0.1) is 16.7 Å². The molecule has 0 radical (unpaired) electrons. The number of hydrogen-bond donors (Lipinski definition) is 0. The molecule has 0 aromatic rings. The maximum Gasteiger partial charge on any atom is 0.355 e. The van der Waals surface area contributed by atoms with E-state index in [2.05, 4.69) is 52.5 Å². The van der Waals surface area contributed by atoms with E-state index in [0.717, 1.165) is 37.1 Å². The summed E-state index contributed by atoms with van der Waals surface area (Å²) in [5.41, 5.74) is 1.42. The number of nitrogens with zero attached hydrogens (tertiary/aromatic N) is 2. The first-order chi connectivity index (χ1) is 13.9. The fourth-order valence-electron chi connectivity index (χ4n) is 6.17. The molecular formula is C24H34N2O4. The molecule has 0 N–H and O–H groups in total. The first-order valence-electron chi connectivity index (χ1n) is 10.9. The van der Waals surface area contributed by atoms with Crippen molar-refractivity contribution in [3.05, 3.63) is 23.0 Å². The normalized spacial score (nSPS) is 32.5. The largest absolute Gasteiger partial charge is 0.466 e. The predicted octanol–water partition coefficient (Wildman–Crippen LogP) is 4.01. The van der Waals surface area contributed by atoms with Crippen molar-refractivity contribution in [1.29, 1.82) is 0 Å². The number of hydrogen-bond acceptors (Lipinski definition) is 6. The number of esters is 2. The first kappa shape index (κ1) is 21.1. The van der Waals surface area contributed by atoms with Gasteiger partial charge in [0.1, 0.15) is 11.2 Å². The van der Waals surface area contributed by atoms with Crippen molar-refractivity contribution >= 4 is 17.7 Å². The Morgan fingerprint density at radius 3 is 2.13 bits per heavy atom. The first-order valence-corrected chi connectivity index (χ1v) is 10.9. The average molecular weight is 415 g/mol. The van der Waals surface area contributed by atoms with Crippen molar-refractivity contribution in [2.45, 2.75) is 78.3 Å². The van der Waals surface area contributed by atoms with Crippen molar-refractivity contribution < 1.29 is 19.1 Å². The van der Waals surface area contributed by atoms with Crippen LogP contribution in [0.2, 0.25) is 0 Å². The molecular weight excluding hydrogens is 380 g/mol. The number of carbonyl (C=O) groups excluding carboxylic acids is 2. The highest BCUT2D eigenvalue weighted by atomic mass is 16.5. The van der Waals surface area contributed by atoms with Gasteiger partial charge in [0.05, 0.1) is 31.2 Å². The van der Waals surface area contributed by atoms with Crippen LogP contribution in [0.3, 0.4) is 0 Å². The summed E-state index contributed by atoms with van der Waals surface area (Å²) in [6, 6.07) is 0. The lowest BCUT2D eigenvalue weighted by molar-refractivity contribution is -0.140. The Balaban J connectivity index is 2.12. The fourth-order valence-corrected chi connectivity index (χ4v) is 6.17. The molecule has 6 nitrogen and oxygen atoms in total. The van der Waals surface area contributed by atoms with Crippen molar-refractivity contribution in [2.75, 3.05) is 14.2 Å². The summed E-state index contributed by atoms with van der Waals surface area (Å²) in [5, 5.41) is 0. The number of rotatable bonds is 2. The van der Waals surface area contributed by atoms with Crippen molar-refractivity contribution in [3.63, 3.8) is 0 Å². The summed E-state index contributed by atoms with van der Waals surface area (Å²) in [5.74, 6) is -1.23. The van der Waals surface area contributed by atoms with Crippen molar-refractivity contribution in [2.24, 2.45) is 21.7 Å². The molecule has 0 saturated heterocycles. The summed E-state index contributed by atoms with van der Waals surface area (Å²) in [7, 11) is 2.75. The van der Waals surface area contributed by atoms with Crippen LogP contribution >= 0.6 is 0 Å². The third-order valence-corrected chi connectivity index (χ3v) is 7.29. The minimum absolute atomic E-state index is 0.221. The number of carbonyl (C=O) groups is 2. The number of allylic oxidation sites excluding steroid dienone is 1. The van der Waals surface area contributed by atoms with E-state index in [9.17, 15) is 9.59 Å². The Morgan fingerprint density at radius 1 is 1.00 bits per heavy atom. The van der Waals surface area contributed by atoms with Crippen LogP contribution in [0.5, 0.6) is 0 Å².